The van der Waals surface area contributed by atoms with Gasteiger partial charge < -0.3 is 10.6 Å². The summed E-state index contributed by atoms with van der Waals surface area (Å²) >= 11 is 0. The Balaban J connectivity index is 1.93. The highest BCUT2D eigenvalue weighted by Gasteiger charge is 2.18. The summed E-state index contributed by atoms with van der Waals surface area (Å²) in [4.78, 5) is 24.8. The Morgan fingerprint density at radius 3 is 2.29 bits per heavy atom. The predicted octanol–water partition coefficient (Wildman–Crippen LogP) is 3.12. The molecule has 0 heterocycles. The number of carbonyl (C=O) groups is 2. The first-order valence-corrected chi connectivity index (χ1v) is 7.48. The smallest absolute Gasteiger partial charge is 0.321 e. The van der Waals surface area contributed by atoms with Crippen molar-refractivity contribution in [2.45, 2.75) is 45.1 Å². The summed E-state index contributed by atoms with van der Waals surface area (Å²) in [6.07, 6.45) is 5.80. The quantitative estimate of drug-likeness (QED) is 0.898. The van der Waals surface area contributed by atoms with Crippen LogP contribution in [0, 0.1) is 0 Å². The lowest BCUT2D eigenvalue weighted by molar-refractivity contribution is -0.114. The fourth-order valence-electron chi connectivity index (χ4n) is 2.61. The number of amides is 3. The van der Waals surface area contributed by atoms with E-state index in [9.17, 15) is 9.59 Å². The van der Waals surface area contributed by atoms with Crippen molar-refractivity contribution in [3.63, 3.8) is 0 Å². The van der Waals surface area contributed by atoms with Gasteiger partial charge in [0.1, 0.15) is 0 Å². The van der Waals surface area contributed by atoms with Crippen LogP contribution >= 0.6 is 0 Å². The predicted molar refractivity (Wildman–Crippen MR) is 84.6 cm³/mol. The van der Waals surface area contributed by atoms with E-state index in [1.807, 2.05) is 12.1 Å². The zero-order chi connectivity index (χ0) is 15.2. The zero-order valence-electron chi connectivity index (χ0n) is 12.7. The molecular weight excluding hydrogens is 266 g/mol. The molecule has 5 nitrogen and oxygen atoms in total. The Bertz CT molecular complexity index is 493. The third-order valence-corrected chi connectivity index (χ3v) is 3.81. The van der Waals surface area contributed by atoms with Gasteiger partial charge in [-0.15, -0.1) is 0 Å². The molecule has 0 saturated heterocycles. The van der Waals surface area contributed by atoms with Crippen LogP contribution in [0.15, 0.2) is 24.3 Å². The minimum Gasteiger partial charge on any atom is -0.335 e. The lowest BCUT2D eigenvalue weighted by Crippen LogP contribution is -2.43. The van der Waals surface area contributed by atoms with Crippen LogP contribution in [0.3, 0.4) is 0 Å². The second-order valence-electron chi connectivity index (χ2n) is 5.57. The number of hydrogen-bond acceptors (Lipinski definition) is 2. The van der Waals surface area contributed by atoms with E-state index in [0.717, 1.165) is 24.2 Å². The molecule has 1 aliphatic carbocycles. The molecule has 0 atom stereocenters. The van der Waals surface area contributed by atoms with Gasteiger partial charge in [0.05, 0.1) is 0 Å². The Hall–Kier alpha value is -2.04. The number of rotatable bonds is 3. The van der Waals surface area contributed by atoms with Crippen molar-refractivity contribution in [1.82, 2.24) is 5.32 Å². The topological polar surface area (TPSA) is 61.4 Å². The molecule has 21 heavy (non-hydrogen) atoms. The van der Waals surface area contributed by atoms with Crippen LogP contribution in [0.1, 0.15) is 39.0 Å². The standard InChI is InChI=1S/C16H23N3O2/c1-12(20)17-14-8-10-15(11-9-14)19(2)16(21)18-13-6-4-3-5-7-13/h8-11,13H,3-7H2,1-2H3,(H,17,20)(H,18,21). The first-order valence-electron chi connectivity index (χ1n) is 7.48. The number of benzene rings is 1. The lowest BCUT2D eigenvalue weighted by atomic mass is 9.96. The molecule has 1 aromatic rings. The minimum atomic E-state index is -0.105. The molecule has 5 heteroatoms. The van der Waals surface area contributed by atoms with E-state index in [1.54, 1.807) is 24.1 Å². The number of carbonyl (C=O) groups excluding carboxylic acids is 2. The molecule has 1 saturated carbocycles. The van der Waals surface area contributed by atoms with Gasteiger partial charge >= 0.3 is 6.03 Å². The van der Waals surface area contributed by atoms with E-state index in [-0.39, 0.29) is 11.9 Å². The third kappa shape index (κ3) is 4.48. The van der Waals surface area contributed by atoms with E-state index in [1.165, 1.54) is 26.2 Å². The van der Waals surface area contributed by atoms with Gasteiger partial charge in [-0.2, -0.15) is 0 Å². The van der Waals surface area contributed by atoms with Crippen LogP contribution in [0.25, 0.3) is 0 Å². The maximum Gasteiger partial charge on any atom is 0.321 e. The number of nitrogens with one attached hydrogen (secondary N) is 2. The average molecular weight is 289 g/mol. The molecule has 114 valence electrons. The molecule has 0 aliphatic heterocycles. The van der Waals surface area contributed by atoms with Crippen molar-refractivity contribution in [3.8, 4) is 0 Å². The van der Waals surface area contributed by atoms with Crippen LogP contribution in [0.5, 0.6) is 0 Å². The molecule has 1 fully saturated rings. The Kier molecular flexibility index (Phi) is 5.20. The van der Waals surface area contributed by atoms with Crippen LogP contribution in [-0.4, -0.2) is 25.0 Å². The maximum absolute atomic E-state index is 12.2. The Morgan fingerprint density at radius 2 is 1.71 bits per heavy atom. The van der Waals surface area contributed by atoms with Crippen molar-refractivity contribution in [3.05, 3.63) is 24.3 Å². The van der Waals surface area contributed by atoms with Gasteiger partial charge in [0, 0.05) is 31.4 Å². The Morgan fingerprint density at radius 1 is 1.10 bits per heavy atom. The highest BCUT2D eigenvalue weighted by atomic mass is 16.2. The second kappa shape index (κ2) is 7.11. The monoisotopic (exact) mass is 289 g/mol. The molecule has 3 amide bonds. The number of urea groups is 1. The number of nitrogens with zero attached hydrogens (tertiary/aromatic N) is 1. The maximum atomic E-state index is 12.2. The van der Waals surface area contributed by atoms with Gasteiger partial charge in [0.25, 0.3) is 0 Å². The summed E-state index contributed by atoms with van der Waals surface area (Å²) in [5.41, 5.74) is 1.53. The largest absolute Gasteiger partial charge is 0.335 e. The number of hydrogen-bond donors (Lipinski definition) is 2. The molecular formula is C16H23N3O2. The van der Waals surface area contributed by atoms with Crippen LogP contribution in [0.4, 0.5) is 16.2 Å². The van der Waals surface area contributed by atoms with E-state index in [2.05, 4.69) is 10.6 Å². The fourth-order valence-corrected chi connectivity index (χ4v) is 2.61. The van der Waals surface area contributed by atoms with Gasteiger partial charge in [0.2, 0.25) is 5.91 Å². The van der Waals surface area contributed by atoms with E-state index in [4.69, 9.17) is 0 Å². The van der Waals surface area contributed by atoms with E-state index >= 15 is 0 Å². The van der Waals surface area contributed by atoms with Crippen molar-refractivity contribution in [1.29, 1.82) is 0 Å². The molecule has 1 aromatic carbocycles. The van der Waals surface area contributed by atoms with E-state index in [0.29, 0.717) is 6.04 Å². The third-order valence-electron chi connectivity index (χ3n) is 3.81. The summed E-state index contributed by atoms with van der Waals surface area (Å²) in [6.45, 7) is 1.47. The van der Waals surface area contributed by atoms with Gasteiger partial charge in [-0.05, 0) is 37.1 Å². The van der Waals surface area contributed by atoms with Crippen molar-refractivity contribution >= 4 is 23.3 Å². The molecule has 0 bridgehead atoms. The molecule has 2 rings (SSSR count). The fraction of sp³-hybridized carbons (Fsp3) is 0.500. The van der Waals surface area contributed by atoms with Crippen LogP contribution in [-0.2, 0) is 4.79 Å². The minimum absolute atomic E-state index is 0.0748. The number of anilines is 2. The SMILES string of the molecule is CC(=O)Nc1ccc(N(C)C(=O)NC2CCCCC2)cc1. The van der Waals surface area contributed by atoms with Crippen molar-refractivity contribution in [2.75, 3.05) is 17.3 Å². The van der Waals surface area contributed by atoms with Crippen LogP contribution in [0.2, 0.25) is 0 Å². The summed E-state index contributed by atoms with van der Waals surface area (Å²) in [6, 6.07) is 7.46. The van der Waals surface area contributed by atoms with Gasteiger partial charge in [0.15, 0.2) is 0 Å². The molecule has 0 radical (unpaired) electrons. The van der Waals surface area contributed by atoms with Crippen molar-refractivity contribution in [2.24, 2.45) is 0 Å². The molecule has 0 unspecified atom stereocenters. The molecule has 2 N–H and O–H groups in total. The normalized spacial score (nSPS) is 15.3. The molecule has 0 spiro atoms. The van der Waals surface area contributed by atoms with Gasteiger partial charge in [-0.1, -0.05) is 19.3 Å². The first kappa shape index (κ1) is 15.4. The Labute approximate surface area is 125 Å². The summed E-state index contributed by atoms with van der Waals surface area (Å²) in [5, 5.41) is 5.79. The van der Waals surface area contributed by atoms with Crippen molar-refractivity contribution < 1.29 is 9.59 Å². The van der Waals surface area contributed by atoms with Crippen LogP contribution < -0.4 is 15.5 Å². The lowest BCUT2D eigenvalue weighted by Gasteiger charge is -2.26. The summed E-state index contributed by atoms with van der Waals surface area (Å²) in [7, 11) is 1.76. The molecule has 0 aromatic heterocycles. The van der Waals surface area contributed by atoms with Gasteiger partial charge in [-0.25, -0.2) is 4.79 Å². The van der Waals surface area contributed by atoms with Gasteiger partial charge in [-0.3, -0.25) is 9.69 Å². The second-order valence-corrected chi connectivity index (χ2v) is 5.57. The first-order chi connectivity index (χ1) is 10.1. The highest BCUT2D eigenvalue weighted by Crippen LogP contribution is 2.20. The van der Waals surface area contributed by atoms with E-state index < -0.39 is 0 Å². The average Bonchev–Trinajstić information content (AvgIpc) is 2.47. The summed E-state index contributed by atoms with van der Waals surface area (Å²) in [5.74, 6) is -0.105. The highest BCUT2D eigenvalue weighted by molar-refractivity contribution is 5.92. The molecule has 1 aliphatic rings. The zero-order valence-corrected chi connectivity index (χ0v) is 12.7. The summed E-state index contributed by atoms with van der Waals surface area (Å²) < 4.78 is 0.